The highest BCUT2D eigenvalue weighted by Crippen LogP contribution is 2.25. The van der Waals surface area contributed by atoms with Crippen molar-refractivity contribution in [1.29, 1.82) is 0 Å². The second kappa shape index (κ2) is 6.71. The van der Waals surface area contributed by atoms with Crippen molar-refractivity contribution in [2.75, 3.05) is 26.3 Å². The van der Waals surface area contributed by atoms with Crippen LogP contribution in [0.2, 0.25) is 0 Å². The Labute approximate surface area is 155 Å². The molecule has 27 heavy (non-hydrogen) atoms. The van der Waals surface area contributed by atoms with Crippen molar-refractivity contribution in [1.82, 2.24) is 24.6 Å². The predicted octanol–water partition coefficient (Wildman–Crippen LogP) is 1.31. The first-order chi connectivity index (χ1) is 13.3. The minimum atomic E-state index is -0.136. The van der Waals surface area contributed by atoms with Gasteiger partial charge < -0.3 is 14.4 Å². The highest BCUT2D eigenvalue weighted by atomic mass is 16.6. The molecule has 4 heterocycles. The zero-order valence-corrected chi connectivity index (χ0v) is 14.6. The van der Waals surface area contributed by atoms with E-state index in [1.165, 1.54) is 6.33 Å². The molecule has 2 aliphatic heterocycles. The fourth-order valence-electron chi connectivity index (χ4n) is 3.65. The van der Waals surface area contributed by atoms with Gasteiger partial charge in [0.05, 0.1) is 18.7 Å². The lowest BCUT2D eigenvalue weighted by Gasteiger charge is -2.18. The van der Waals surface area contributed by atoms with Crippen molar-refractivity contribution in [2.24, 2.45) is 0 Å². The van der Waals surface area contributed by atoms with Crippen LogP contribution >= 0.6 is 0 Å². The number of amides is 1. The summed E-state index contributed by atoms with van der Waals surface area (Å²) < 4.78 is 13.8. The summed E-state index contributed by atoms with van der Waals surface area (Å²) in [5, 5.41) is 5.18. The van der Waals surface area contributed by atoms with Gasteiger partial charge in [-0.3, -0.25) is 4.79 Å². The van der Waals surface area contributed by atoms with Gasteiger partial charge in [0.15, 0.2) is 0 Å². The third-order valence-electron chi connectivity index (χ3n) is 5.14. The first kappa shape index (κ1) is 16.3. The van der Waals surface area contributed by atoms with Crippen LogP contribution in [0.5, 0.6) is 0 Å². The molecule has 0 radical (unpaired) electrons. The molecule has 2 fully saturated rings. The highest BCUT2D eigenvalue weighted by Gasteiger charge is 2.40. The normalized spacial score (nSPS) is 23.3. The summed E-state index contributed by atoms with van der Waals surface area (Å²) in [5.41, 5.74) is 1.27. The van der Waals surface area contributed by atoms with E-state index in [-0.39, 0.29) is 24.2 Å². The van der Waals surface area contributed by atoms with E-state index in [9.17, 15) is 4.79 Å². The number of aromatic nitrogens is 4. The number of para-hydroxylation sites is 1. The number of carbonyl (C=O) groups excluding carboxylic acids is 1. The smallest absolute Gasteiger partial charge is 0.272 e. The van der Waals surface area contributed by atoms with Gasteiger partial charge >= 0.3 is 0 Å². The van der Waals surface area contributed by atoms with Crippen LogP contribution in [0, 0.1) is 0 Å². The fourth-order valence-corrected chi connectivity index (χ4v) is 3.65. The van der Waals surface area contributed by atoms with Gasteiger partial charge in [0.25, 0.3) is 5.91 Å². The maximum Gasteiger partial charge on any atom is 0.272 e. The average molecular weight is 365 g/mol. The standard InChI is InChI=1S/C19H19N5O3/c25-19(16-6-5-13-3-1-2-4-15(13)22-16)23-7-17-18(8-23)27-10-14(9-26-17)24-12-20-11-21-24/h1-6,11-12,14,17-18H,7-10H2/t17-,18-/m0/s1. The number of pyridine rings is 1. The third kappa shape index (κ3) is 3.07. The van der Waals surface area contributed by atoms with Crippen LogP contribution in [0.4, 0.5) is 0 Å². The van der Waals surface area contributed by atoms with Gasteiger partial charge in [-0.2, -0.15) is 5.10 Å². The number of hydrogen-bond donors (Lipinski definition) is 0. The molecule has 2 saturated heterocycles. The van der Waals surface area contributed by atoms with Crippen molar-refractivity contribution in [3.8, 4) is 0 Å². The zero-order valence-electron chi connectivity index (χ0n) is 14.6. The van der Waals surface area contributed by atoms with Gasteiger partial charge in [0, 0.05) is 18.5 Å². The maximum atomic E-state index is 12.9. The van der Waals surface area contributed by atoms with Gasteiger partial charge in [-0.05, 0) is 12.1 Å². The monoisotopic (exact) mass is 365 g/mol. The number of likely N-dealkylation sites (tertiary alicyclic amines) is 1. The lowest BCUT2D eigenvalue weighted by Crippen LogP contribution is -2.32. The van der Waals surface area contributed by atoms with Gasteiger partial charge in [-0.1, -0.05) is 24.3 Å². The summed E-state index contributed by atoms with van der Waals surface area (Å²) in [6, 6.07) is 11.5. The molecule has 3 aromatic rings. The molecule has 1 amide bonds. The van der Waals surface area contributed by atoms with Gasteiger partial charge in [-0.25, -0.2) is 14.6 Å². The SMILES string of the molecule is O=C(c1ccc2ccccc2n1)N1C[C@@H]2OCC(n3cncn3)CO[C@H]2C1. The highest BCUT2D eigenvalue weighted by molar-refractivity contribution is 5.95. The van der Waals surface area contributed by atoms with E-state index < -0.39 is 0 Å². The van der Waals surface area contributed by atoms with Crippen molar-refractivity contribution < 1.29 is 14.3 Å². The van der Waals surface area contributed by atoms with E-state index in [0.717, 1.165) is 10.9 Å². The van der Waals surface area contributed by atoms with Crippen LogP contribution in [-0.4, -0.2) is 69.1 Å². The topological polar surface area (TPSA) is 82.4 Å². The van der Waals surface area contributed by atoms with E-state index in [1.807, 2.05) is 30.3 Å². The second-order valence-electron chi connectivity index (χ2n) is 6.87. The first-order valence-corrected chi connectivity index (χ1v) is 9.00. The van der Waals surface area contributed by atoms with Crippen molar-refractivity contribution in [3.05, 3.63) is 54.7 Å². The second-order valence-corrected chi connectivity index (χ2v) is 6.87. The molecule has 8 nitrogen and oxygen atoms in total. The minimum absolute atomic E-state index is 0.00408. The Morgan fingerprint density at radius 1 is 1.04 bits per heavy atom. The van der Waals surface area contributed by atoms with E-state index in [2.05, 4.69) is 15.1 Å². The Bertz CT molecular complexity index is 945. The summed E-state index contributed by atoms with van der Waals surface area (Å²) in [4.78, 5) is 23.1. The fraction of sp³-hybridized carbons (Fsp3) is 0.368. The first-order valence-electron chi connectivity index (χ1n) is 9.00. The summed E-state index contributed by atoms with van der Waals surface area (Å²) >= 11 is 0. The molecule has 5 rings (SSSR count). The summed E-state index contributed by atoms with van der Waals surface area (Å²) in [7, 11) is 0. The zero-order chi connectivity index (χ0) is 18.2. The van der Waals surface area contributed by atoms with E-state index in [0.29, 0.717) is 32.0 Å². The van der Waals surface area contributed by atoms with E-state index >= 15 is 0 Å². The number of ether oxygens (including phenoxy) is 2. The minimum Gasteiger partial charge on any atom is -0.371 e. The molecule has 0 saturated carbocycles. The van der Waals surface area contributed by atoms with Crippen molar-refractivity contribution in [3.63, 3.8) is 0 Å². The molecule has 1 aromatic carbocycles. The van der Waals surface area contributed by atoms with Gasteiger partial charge in [-0.15, -0.1) is 0 Å². The molecule has 0 aliphatic carbocycles. The van der Waals surface area contributed by atoms with E-state index in [1.54, 1.807) is 22.0 Å². The molecule has 2 aromatic heterocycles. The summed E-state index contributed by atoms with van der Waals surface area (Å²) in [5.74, 6) is -0.0890. The largest absolute Gasteiger partial charge is 0.371 e. The number of rotatable bonds is 2. The maximum absolute atomic E-state index is 12.9. The van der Waals surface area contributed by atoms with Crippen molar-refractivity contribution >= 4 is 16.8 Å². The Kier molecular flexibility index (Phi) is 4.06. The average Bonchev–Trinajstić information content (AvgIpc) is 3.34. The van der Waals surface area contributed by atoms with Crippen LogP contribution in [-0.2, 0) is 9.47 Å². The van der Waals surface area contributed by atoms with Gasteiger partial charge in [0.1, 0.15) is 36.6 Å². The Morgan fingerprint density at radius 2 is 1.81 bits per heavy atom. The number of carbonyl (C=O) groups is 1. The third-order valence-corrected chi connectivity index (χ3v) is 5.14. The molecule has 138 valence electrons. The number of benzene rings is 1. The predicted molar refractivity (Wildman–Crippen MR) is 96.2 cm³/mol. The molecule has 0 unspecified atom stereocenters. The lowest BCUT2D eigenvalue weighted by atomic mass is 10.2. The Hall–Kier alpha value is -2.84. The number of fused-ring (bicyclic) bond motifs is 2. The van der Waals surface area contributed by atoms with Crippen LogP contribution in [0.15, 0.2) is 49.1 Å². The van der Waals surface area contributed by atoms with Crippen molar-refractivity contribution in [2.45, 2.75) is 18.2 Å². The Balaban J connectivity index is 1.29. The molecular formula is C19H19N5O3. The Morgan fingerprint density at radius 3 is 2.56 bits per heavy atom. The number of hydrogen-bond acceptors (Lipinski definition) is 6. The summed E-state index contributed by atoms with van der Waals surface area (Å²) in [6.07, 6.45) is 2.90. The van der Waals surface area contributed by atoms with Crippen LogP contribution in [0.3, 0.4) is 0 Å². The molecule has 8 heteroatoms. The quantitative estimate of drug-likeness (QED) is 0.681. The molecular weight excluding hydrogens is 346 g/mol. The molecule has 0 spiro atoms. The lowest BCUT2D eigenvalue weighted by molar-refractivity contribution is -0.00461. The molecule has 2 aliphatic rings. The van der Waals surface area contributed by atoms with Crippen LogP contribution in [0.1, 0.15) is 16.5 Å². The van der Waals surface area contributed by atoms with Crippen LogP contribution in [0.25, 0.3) is 10.9 Å². The van der Waals surface area contributed by atoms with E-state index in [4.69, 9.17) is 9.47 Å². The number of nitrogens with zero attached hydrogens (tertiary/aromatic N) is 5. The molecule has 0 bridgehead atoms. The summed E-state index contributed by atoms with van der Waals surface area (Å²) in [6.45, 7) is 1.98. The van der Waals surface area contributed by atoms with Gasteiger partial charge in [0.2, 0.25) is 0 Å². The van der Waals surface area contributed by atoms with Crippen LogP contribution < -0.4 is 0 Å². The molecule has 0 N–H and O–H groups in total. The molecule has 2 atom stereocenters.